The van der Waals surface area contributed by atoms with E-state index in [2.05, 4.69) is 37.2 Å². The number of ether oxygens (including phenoxy) is 1. The summed E-state index contributed by atoms with van der Waals surface area (Å²) < 4.78 is 8.09. The van der Waals surface area contributed by atoms with E-state index in [0.717, 1.165) is 40.6 Å². The Morgan fingerprint density at radius 2 is 1.81 bits per heavy atom. The maximum Gasteiger partial charge on any atom is 0.121 e. The van der Waals surface area contributed by atoms with Crippen LogP contribution in [-0.4, -0.2) is 19.2 Å². The third kappa shape index (κ3) is 3.75. The van der Waals surface area contributed by atoms with Gasteiger partial charge in [-0.1, -0.05) is 31.9 Å². The second kappa shape index (κ2) is 6.03. The van der Waals surface area contributed by atoms with E-state index in [1.54, 1.807) is 0 Å². The van der Waals surface area contributed by atoms with E-state index in [9.17, 15) is 0 Å². The topological polar surface area (TPSA) is 21.3 Å². The minimum absolute atomic E-state index is 0.344. The van der Waals surface area contributed by atoms with Crippen LogP contribution >= 0.6 is 31.9 Å². The van der Waals surface area contributed by atoms with Gasteiger partial charge in [-0.2, -0.15) is 0 Å². The molecule has 88 valence electrons. The number of halogens is 2. The Morgan fingerprint density at radius 3 is 2.56 bits per heavy atom. The van der Waals surface area contributed by atoms with Gasteiger partial charge in [0.15, 0.2) is 0 Å². The van der Waals surface area contributed by atoms with Gasteiger partial charge in [0.2, 0.25) is 0 Å². The van der Waals surface area contributed by atoms with Crippen molar-refractivity contribution in [2.45, 2.75) is 25.4 Å². The summed E-state index contributed by atoms with van der Waals surface area (Å²) in [5, 5.41) is 3.39. The fourth-order valence-corrected chi connectivity index (χ4v) is 3.15. The van der Waals surface area contributed by atoms with Gasteiger partial charge in [-0.25, -0.2) is 0 Å². The van der Waals surface area contributed by atoms with Gasteiger partial charge in [0.05, 0.1) is 6.10 Å². The Bertz CT molecular complexity index is 329. The number of benzene rings is 1. The largest absolute Gasteiger partial charge is 0.490 e. The number of nitrogens with one attached hydrogen (secondary N) is 1. The Balaban J connectivity index is 2.01. The molecule has 1 N–H and O–H groups in total. The van der Waals surface area contributed by atoms with Crippen LogP contribution in [0.2, 0.25) is 0 Å². The smallest absolute Gasteiger partial charge is 0.121 e. The molecule has 1 aromatic rings. The van der Waals surface area contributed by atoms with Crippen molar-refractivity contribution in [1.82, 2.24) is 5.32 Å². The molecule has 1 heterocycles. The lowest BCUT2D eigenvalue weighted by molar-refractivity contribution is 0.187. The van der Waals surface area contributed by atoms with Crippen LogP contribution in [0.5, 0.6) is 5.75 Å². The molecule has 1 atom stereocenters. The van der Waals surface area contributed by atoms with Gasteiger partial charge in [0.1, 0.15) is 5.75 Å². The highest BCUT2D eigenvalue weighted by molar-refractivity contribution is 9.11. The van der Waals surface area contributed by atoms with Crippen molar-refractivity contribution in [2.24, 2.45) is 0 Å². The average Bonchev–Trinajstić information content (AvgIpc) is 2.44. The fourth-order valence-electron chi connectivity index (χ4n) is 1.89. The van der Waals surface area contributed by atoms with E-state index >= 15 is 0 Å². The lowest BCUT2D eigenvalue weighted by Gasteiger charge is -2.17. The molecule has 1 unspecified atom stereocenters. The van der Waals surface area contributed by atoms with Crippen LogP contribution in [0.1, 0.15) is 19.3 Å². The van der Waals surface area contributed by atoms with Crippen molar-refractivity contribution in [2.75, 3.05) is 13.1 Å². The summed E-state index contributed by atoms with van der Waals surface area (Å²) in [6.45, 7) is 2.17. The highest BCUT2D eigenvalue weighted by Gasteiger charge is 2.13. The van der Waals surface area contributed by atoms with Crippen LogP contribution < -0.4 is 10.1 Å². The monoisotopic (exact) mass is 347 g/mol. The van der Waals surface area contributed by atoms with Gasteiger partial charge in [-0.05, 0) is 50.6 Å². The molecule has 0 spiro atoms. The average molecular weight is 349 g/mol. The van der Waals surface area contributed by atoms with Gasteiger partial charge in [-0.3, -0.25) is 0 Å². The molecule has 1 fully saturated rings. The van der Waals surface area contributed by atoms with Gasteiger partial charge in [-0.15, -0.1) is 0 Å². The predicted molar refractivity (Wildman–Crippen MR) is 73.0 cm³/mol. The molecule has 4 heteroatoms. The van der Waals surface area contributed by atoms with Crippen molar-refractivity contribution in [1.29, 1.82) is 0 Å². The molecular weight excluding hydrogens is 334 g/mol. The van der Waals surface area contributed by atoms with Crippen LogP contribution in [0.15, 0.2) is 27.1 Å². The molecule has 0 aliphatic carbocycles. The summed E-state index contributed by atoms with van der Waals surface area (Å²) in [7, 11) is 0. The summed E-state index contributed by atoms with van der Waals surface area (Å²) in [6, 6.07) is 6.05. The molecule has 16 heavy (non-hydrogen) atoms. The minimum atomic E-state index is 0.344. The molecule has 2 rings (SSSR count). The summed E-state index contributed by atoms with van der Waals surface area (Å²) in [5.41, 5.74) is 0. The summed E-state index contributed by atoms with van der Waals surface area (Å²) in [5.74, 6) is 0.938. The van der Waals surface area contributed by atoms with E-state index in [0.29, 0.717) is 6.10 Å². The Labute approximate surface area is 113 Å². The zero-order valence-electron chi connectivity index (χ0n) is 9.01. The van der Waals surface area contributed by atoms with Crippen LogP contribution in [0.25, 0.3) is 0 Å². The SMILES string of the molecule is Brc1cc(Br)cc(OC2CCCNCC2)c1. The summed E-state index contributed by atoms with van der Waals surface area (Å²) in [6.07, 6.45) is 3.76. The van der Waals surface area contributed by atoms with Crippen molar-refractivity contribution >= 4 is 31.9 Å². The predicted octanol–water partition coefficient (Wildman–Crippen LogP) is 3.73. The number of rotatable bonds is 2. The zero-order chi connectivity index (χ0) is 11.4. The summed E-state index contributed by atoms with van der Waals surface area (Å²) >= 11 is 6.94. The third-order valence-corrected chi connectivity index (χ3v) is 3.58. The van der Waals surface area contributed by atoms with Gasteiger partial charge in [0.25, 0.3) is 0 Å². The number of hydrogen-bond acceptors (Lipinski definition) is 2. The van der Waals surface area contributed by atoms with Crippen LogP contribution in [0.4, 0.5) is 0 Å². The zero-order valence-corrected chi connectivity index (χ0v) is 12.2. The fraction of sp³-hybridized carbons (Fsp3) is 0.500. The molecule has 1 saturated heterocycles. The molecule has 0 radical (unpaired) electrons. The van der Waals surface area contributed by atoms with Crippen molar-refractivity contribution < 1.29 is 4.74 Å². The van der Waals surface area contributed by atoms with E-state index in [1.807, 2.05) is 18.2 Å². The minimum Gasteiger partial charge on any atom is -0.490 e. The second-order valence-corrected chi connectivity index (χ2v) is 5.86. The van der Waals surface area contributed by atoms with Gasteiger partial charge < -0.3 is 10.1 Å². The highest BCUT2D eigenvalue weighted by Crippen LogP contribution is 2.26. The van der Waals surface area contributed by atoms with Crippen molar-refractivity contribution in [3.05, 3.63) is 27.1 Å². The first-order valence-corrected chi connectivity index (χ1v) is 7.16. The van der Waals surface area contributed by atoms with E-state index in [4.69, 9.17) is 4.74 Å². The Kier molecular flexibility index (Phi) is 4.67. The van der Waals surface area contributed by atoms with E-state index < -0.39 is 0 Å². The maximum absolute atomic E-state index is 6.00. The normalized spacial score (nSPS) is 21.5. The Morgan fingerprint density at radius 1 is 1.06 bits per heavy atom. The maximum atomic E-state index is 6.00. The molecule has 1 aromatic carbocycles. The van der Waals surface area contributed by atoms with Crippen LogP contribution in [0.3, 0.4) is 0 Å². The third-order valence-electron chi connectivity index (χ3n) is 2.66. The highest BCUT2D eigenvalue weighted by atomic mass is 79.9. The van der Waals surface area contributed by atoms with Gasteiger partial charge >= 0.3 is 0 Å². The quantitative estimate of drug-likeness (QED) is 0.879. The number of hydrogen-bond donors (Lipinski definition) is 1. The van der Waals surface area contributed by atoms with Crippen molar-refractivity contribution in [3.63, 3.8) is 0 Å². The first-order chi connectivity index (χ1) is 7.74. The molecule has 1 aliphatic heterocycles. The molecule has 0 aromatic heterocycles. The standard InChI is InChI=1S/C12H15Br2NO/c13-9-6-10(14)8-12(7-9)16-11-2-1-4-15-5-3-11/h6-8,11,15H,1-5H2. The molecule has 0 saturated carbocycles. The lowest BCUT2D eigenvalue weighted by Crippen LogP contribution is -2.19. The molecule has 0 amide bonds. The van der Waals surface area contributed by atoms with Crippen LogP contribution in [-0.2, 0) is 0 Å². The molecule has 1 aliphatic rings. The van der Waals surface area contributed by atoms with E-state index in [1.165, 1.54) is 6.42 Å². The first-order valence-electron chi connectivity index (χ1n) is 5.57. The van der Waals surface area contributed by atoms with Gasteiger partial charge in [0, 0.05) is 8.95 Å². The van der Waals surface area contributed by atoms with Crippen molar-refractivity contribution in [3.8, 4) is 5.75 Å². The second-order valence-electron chi connectivity index (χ2n) is 4.03. The summed E-state index contributed by atoms with van der Waals surface area (Å²) in [4.78, 5) is 0. The van der Waals surface area contributed by atoms with E-state index in [-0.39, 0.29) is 0 Å². The molecule has 0 bridgehead atoms. The Hall–Kier alpha value is -0.0600. The lowest BCUT2D eigenvalue weighted by atomic mass is 10.1. The molecular formula is C12H15Br2NO. The first kappa shape index (κ1) is 12.4. The van der Waals surface area contributed by atoms with Crippen LogP contribution in [0, 0.1) is 0 Å². The molecule has 2 nitrogen and oxygen atoms in total.